The van der Waals surface area contributed by atoms with Crippen LogP contribution in [0.4, 0.5) is 0 Å². The van der Waals surface area contributed by atoms with Crippen molar-refractivity contribution in [2.24, 2.45) is 10.9 Å². The van der Waals surface area contributed by atoms with Gasteiger partial charge in [-0.25, -0.2) is 0 Å². The number of halogens is 1. The number of carbonyl (C=O) groups is 1. The van der Waals surface area contributed by atoms with Crippen LogP contribution in [0.15, 0.2) is 53.7 Å². The zero-order chi connectivity index (χ0) is 20.1. The zero-order valence-electron chi connectivity index (χ0n) is 16.5. The maximum absolute atomic E-state index is 12.2. The van der Waals surface area contributed by atoms with Gasteiger partial charge in [0.1, 0.15) is 11.5 Å². The van der Waals surface area contributed by atoms with Gasteiger partial charge >= 0.3 is 0 Å². The number of nitrogens with zero attached hydrogens (tertiary/aromatic N) is 1. The van der Waals surface area contributed by atoms with E-state index in [0.29, 0.717) is 18.0 Å². The molecule has 0 aliphatic carbocycles. The molecule has 28 heavy (non-hydrogen) atoms. The normalized spacial score (nSPS) is 12.9. The van der Waals surface area contributed by atoms with E-state index in [0.717, 1.165) is 34.3 Å². The molecular weight excluding hydrogens is 372 g/mol. The van der Waals surface area contributed by atoms with E-state index < -0.39 is 0 Å². The third-order valence-electron chi connectivity index (χ3n) is 5.07. The lowest BCUT2D eigenvalue weighted by Crippen LogP contribution is -2.22. The number of benzene rings is 2. The van der Waals surface area contributed by atoms with E-state index >= 15 is 0 Å². The van der Waals surface area contributed by atoms with E-state index in [1.54, 1.807) is 14.0 Å². The van der Waals surface area contributed by atoms with Gasteiger partial charge in [0.05, 0.1) is 13.0 Å². The van der Waals surface area contributed by atoms with Crippen LogP contribution in [-0.2, 0) is 17.6 Å². The summed E-state index contributed by atoms with van der Waals surface area (Å²) < 4.78 is 5.32. The van der Waals surface area contributed by atoms with Gasteiger partial charge in [0, 0.05) is 34.4 Å². The van der Waals surface area contributed by atoms with E-state index in [4.69, 9.17) is 21.3 Å². The Morgan fingerprint density at radius 3 is 2.61 bits per heavy atom. The number of hydrogen-bond acceptors (Lipinski definition) is 3. The molecule has 1 atom stereocenters. The highest BCUT2D eigenvalue weighted by atomic mass is 35.5. The van der Waals surface area contributed by atoms with Crippen molar-refractivity contribution in [3.63, 3.8) is 0 Å². The van der Waals surface area contributed by atoms with Gasteiger partial charge in [-0.3, -0.25) is 9.79 Å². The zero-order valence-corrected chi connectivity index (χ0v) is 17.2. The minimum absolute atomic E-state index is 0.132. The second kappa shape index (κ2) is 9.07. The molecule has 146 valence electrons. The number of methoxy groups -OCH3 is 1. The predicted octanol–water partition coefficient (Wildman–Crippen LogP) is 5.28. The molecule has 0 fully saturated rings. The second-order valence-electron chi connectivity index (χ2n) is 6.99. The van der Waals surface area contributed by atoms with Crippen molar-refractivity contribution in [2.75, 3.05) is 13.7 Å². The summed E-state index contributed by atoms with van der Waals surface area (Å²) in [4.78, 5) is 20.2. The Kier molecular flexibility index (Phi) is 6.53. The average molecular weight is 397 g/mol. The second-order valence-corrected chi connectivity index (χ2v) is 7.43. The summed E-state index contributed by atoms with van der Waals surface area (Å²) in [5, 5.41) is 1.85. The Hall–Kier alpha value is -2.59. The molecule has 0 radical (unpaired) electrons. The molecule has 0 saturated carbocycles. The molecule has 0 aliphatic heterocycles. The fourth-order valence-electron chi connectivity index (χ4n) is 3.40. The van der Waals surface area contributed by atoms with Crippen LogP contribution < -0.4 is 4.74 Å². The van der Waals surface area contributed by atoms with E-state index in [-0.39, 0.29) is 11.7 Å². The van der Waals surface area contributed by atoms with Crippen LogP contribution in [0, 0.1) is 5.92 Å². The molecule has 3 rings (SSSR count). The third-order valence-corrected chi connectivity index (χ3v) is 5.32. The molecule has 0 spiro atoms. The van der Waals surface area contributed by atoms with Gasteiger partial charge in [0.25, 0.3) is 0 Å². The molecule has 4 nitrogen and oxygen atoms in total. The van der Waals surface area contributed by atoms with Gasteiger partial charge in [-0.15, -0.1) is 0 Å². The van der Waals surface area contributed by atoms with Crippen molar-refractivity contribution in [1.29, 1.82) is 0 Å². The minimum Gasteiger partial charge on any atom is -0.497 e. The molecule has 0 saturated heterocycles. The lowest BCUT2D eigenvalue weighted by molar-refractivity contribution is -0.118. The molecule has 1 aromatic heterocycles. The first-order chi connectivity index (χ1) is 13.5. The highest BCUT2D eigenvalue weighted by Crippen LogP contribution is 2.24. The van der Waals surface area contributed by atoms with E-state index in [9.17, 15) is 4.79 Å². The first-order valence-corrected chi connectivity index (χ1v) is 9.75. The fourth-order valence-corrected chi connectivity index (χ4v) is 3.52. The van der Waals surface area contributed by atoms with Gasteiger partial charge in [0.15, 0.2) is 0 Å². The van der Waals surface area contributed by atoms with E-state index in [2.05, 4.69) is 4.98 Å². The summed E-state index contributed by atoms with van der Waals surface area (Å²) in [5.41, 5.74) is 4.24. The molecule has 1 N–H and O–H groups in total. The summed E-state index contributed by atoms with van der Waals surface area (Å²) in [6, 6.07) is 13.6. The Bertz CT molecular complexity index is 990. The highest BCUT2D eigenvalue weighted by molar-refractivity contribution is 6.30. The number of nitrogens with one attached hydrogen (secondary N) is 1. The SMILES string of the molecule is COc1ccc2[nH]cc(CCN=C(C)C(Cc3ccc(Cl)cc3)C(C)=O)c2c1. The summed E-state index contributed by atoms with van der Waals surface area (Å²) >= 11 is 5.95. The molecule has 3 aromatic rings. The number of rotatable bonds is 8. The number of carbonyl (C=O) groups excluding carboxylic acids is 1. The summed E-state index contributed by atoms with van der Waals surface area (Å²) in [6.45, 7) is 4.21. The van der Waals surface area contributed by atoms with Crippen LogP contribution in [0.5, 0.6) is 5.75 Å². The van der Waals surface area contributed by atoms with Crippen molar-refractivity contribution in [3.8, 4) is 5.75 Å². The van der Waals surface area contributed by atoms with Crippen molar-refractivity contribution < 1.29 is 9.53 Å². The lowest BCUT2D eigenvalue weighted by Gasteiger charge is -2.14. The van der Waals surface area contributed by atoms with Crippen LogP contribution in [0.25, 0.3) is 10.9 Å². The number of Topliss-reactive ketones (excluding diaryl/α,β-unsaturated/α-hetero) is 1. The largest absolute Gasteiger partial charge is 0.497 e. The maximum atomic E-state index is 12.2. The van der Waals surface area contributed by atoms with Gasteiger partial charge in [-0.1, -0.05) is 23.7 Å². The van der Waals surface area contributed by atoms with Crippen molar-refractivity contribution >= 4 is 34.0 Å². The van der Waals surface area contributed by atoms with Crippen molar-refractivity contribution in [3.05, 3.63) is 64.8 Å². The van der Waals surface area contributed by atoms with Gasteiger partial charge in [-0.2, -0.15) is 0 Å². The van der Waals surface area contributed by atoms with E-state index in [1.807, 2.05) is 55.6 Å². The number of H-pyrrole nitrogens is 1. The molecule has 1 heterocycles. The number of hydrogen-bond donors (Lipinski definition) is 1. The highest BCUT2D eigenvalue weighted by Gasteiger charge is 2.18. The number of aliphatic imine (C=N–C) groups is 1. The average Bonchev–Trinajstić information content (AvgIpc) is 3.09. The molecular formula is C23H25ClN2O2. The van der Waals surface area contributed by atoms with Crippen LogP contribution in [0.1, 0.15) is 25.0 Å². The number of aromatic nitrogens is 1. The monoisotopic (exact) mass is 396 g/mol. The quantitative estimate of drug-likeness (QED) is 0.526. The Balaban J connectivity index is 1.69. The number of fused-ring (bicyclic) bond motifs is 1. The van der Waals surface area contributed by atoms with Gasteiger partial charge < -0.3 is 9.72 Å². The van der Waals surface area contributed by atoms with Crippen LogP contribution >= 0.6 is 11.6 Å². The lowest BCUT2D eigenvalue weighted by atomic mass is 9.92. The predicted molar refractivity (Wildman–Crippen MR) is 116 cm³/mol. The van der Waals surface area contributed by atoms with Crippen LogP contribution in [0.3, 0.4) is 0 Å². The van der Waals surface area contributed by atoms with Crippen molar-refractivity contribution in [1.82, 2.24) is 4.98 Å². The van der Waals surface area contributed by atoms with Crippen molar-refractivity contribution in [2.45, 2.75) is 26.7 Å². The van der Waals surface area contributed by atoms with Crippen LogP contribution in [-0.4, -0.2) is 30.1 Å². The molecule has 5 heteroatoms. The molecule has 2 aromatic carbocycles. The Morgan fingerprint density at radius 2 is 1.93 bits per heavy atom. The molecule has 0 aliphatic rings. The number of aromatic amines is 1. The summed E-state index contributed by atoms with van der Waals surface area (Å²) in [7, 11) is 1.67. The topological polar surface area (TPSA) is 54.4 Å². The first kappa shape index (κ1) is 20.2. The van der Waals surface area contributed by atoms with Gasteiger partial charge in [-0.05, 0) is 68.1 Å². The summed E-state index contributed by atoms with van der Waals surface area (Å²) in [6.07, 6.45) is 3.47. The number of ketones is 1. The number of ether oxygens (including phenoxy) is 1. The smallest absolute Gasteiger partial charge is 0.138 e. The molecule has 1 unspecified atom stereocenters. The minimum atomic E-state index is -0.204. The Labute approximate surface area is 170 Å². The summed E-state index contributed by atoms with van der Waals surface area (Å²) in [5.74, 6) is 0.768. The third kappa shape index (κ3) is 4.82. The Morgan fingerprint density at radius 1 is 1.18 bits per heavy atom. The van der Waals surface area contributed by atoms with Gasteiger partial charge in [0.2, 0.25) is 0 Å². The standard InChI is InChI=1S/C23H25ClN2O2/c1-15(21(16(2)27)12-17-4-6-19(24)7-5-17)25-11-10-18-14-26-23-9-8-20(28-3)13-22(18)23/h4-9,13-14,21,26H,10-12H2,1-3H3. The first-order valence-electron chi connectivity index (χ1n) is 9.37. The fraction of sp³-hybridized carbons (Fsp3) is 0.304. The van der Waals surface area contributed by atoms with E-state index in [1.165, 1.54) is 5.56 Å². The molecule has 0 amide bonds. The van der Waals surface area contributed by atoms with Crippen LogP contribution in [0.2, 0.25) is 5.02 Å². The maximum Gasteiger partial charge on any atom is 0.138 e. The molecule has 0 bridgehead atoms.